The maximum atomic E-state index is 12.2. The van der Waals surface area contributed by atoms with Crippen molar-refractivity contribution in [2.75, 3.05) is 23.8 Å². The second kappa shape index (κ2) is 13.2. The molecule has 2 rings (SSSR count). The highest BCUT2D eigenvalue weighted by molar-refractivity contribution is 9.10. The molecule has 184 valence electrons. The number of alkyl carbamates (subject to hydrolysis) is 1. The third kappa shape index (κ3) is 10.9. The third-order valence-electron chi connectivity index (χ3n) is 4.15. The maximum Gasteiger partial charge on any atom is 0.407 e. The topological polar surface area (TPSA) is 106 Å². The Bertz CT molecular complexity index is 1010. The minimum Gasteiger partial charge on any atom is -0.492 e. The van der Waals surface area contributed by atoms with Crippen molar-refractivity contribution in [2.24, 2.45) is 0 Å². The molecule has 0 aliphatic heterocycles. The second-order valence-corrected chi connectivity index (χ2v) is 9.71. The summed E-state index contributed by atoms with van der Waals surface area (Å²) >= 11 is 9.44. The van der Waals surface area contributed by atoms with E-state index in [4.69, 9.17) is 21.1 Å². The zero-order valence-electron chi connectivity index (χ0n) is 19.4. The van der Waals surface area contributed by atoms with Crippen LogP contribution in [0.15, 0.2) is 46.9 Å². The van der Waals surface area contributed by atoms with Gasteiger partial charge in [-0.3, -0.25) is 9.59 Å². The fraction of sp³-hybridized carbons (Fsp3) is 0.375. The lowest BCUT2D eigenvalue weighted by Crippen LogP contribution is -2.34. The van der Waals surface area contributed by atoms with Crippen molar-refractivity contribution in [1.82, 2.24) is 5.32 Å². The lowest BCUT2D eigenvalue weighted by atomic mass is 10.2. The normalized spacial score (nSPS) is 10.9. The van der Waals surface area contributed by atoms with Crippen LogP contribution >= 0.6 is 27.5 Å². The quantitative estimate of drug-likeness (QED) is 0.324. The van der Waals surface area contributed by atoms with Crippen molar-refractivity contribution in [3.63, 3.8) is 0 Å². The summed E-state index contributed by atoms with van der Waals surface area (Å²) in [5.41, 5.74) is 0.497. The molecule has 0 fully saturated rings. The molecule has 3 N–H and O–H groups in total. The second-order valence-electron chi connectivity index (χ2n) is 8.38. The highest BCUT2D eigenvalue weighted by Crippen LogP contribution is 2.27. The van der Waals surface area contributed by atoms with Crippen LogP contribution in [0.25, 0.3) is 0 Å². The van der Waals surface area contributed by atoms with E-state index >= 15 is 0 Å². The van der Waals surface area contributed by atoms with Gasteiger partial charge in [0.25, 0.3) is 0 Å². The summed E-state index contributed by atoms with van der Waals surface area (Å²) in [6.45, 7) is 5.78. The predicted octanol–water partition coefficient (Wildman–Crippen LogP) is 5.75. The molecule has 0 unspecified atom stereocenters. The number of hydrogen-bond acceptors (Lipinski definition) is 5. The monoisotopic (exact) mass is 553 g/mol. The van der Waals surface area contributed by atoms with Crippen LogP contribution in [0.4, 0.5) is 16.2 Å². The fourth-order valence-corrected chi connectivity index (χ4v) is 3.45. The predicted molar refractivity (Wildman–Crippen MR) is 136 cm³/mol. The summed E-state index contributed by atoms with van der Waals surface area (Å²) in [4.78, 5) is 36.0. The molecular weight excluding hydrogens is 526 g/mol. The maximum absolute atomic E-state index is 12.2. The van der Waals surface area contributed by atoms with Gasteiger partial charge in [0.05, 0.1) is 11.6 Å². The van der Waals surface area contributed by atoms with E-state index in [2.05, 4.69) is 31.9 Å². The van der Waals surface area contributed by atoms with Crippen LogP contribution in [0, 0.1) is 0 Å². The number of hydrogen-bond donors (Lipinski definition) is 3. The molecule has 0 aromatic heterocycles. The molecule has 0 saturated carbocycles. The van der Waals surface area contributed by atoms with Crippen molar-refractivity contribution >= 4 is 56.8 Å². The summed E-state index contributed by atoms with van der Waals surface area (Å²) in [5, 5.41) is 8.57. The number of rotatable bonds is 10. The van der Waals surface area contributed by atoms with Gasteiger partial charge in [-0.2, -0.15) is 0 Å². The van der Waals surface area contributed by atoms with Crippen molar-refractivity contribution < 1.29 is 23.9 Å². The summed E-state index contributed by atoms with van der Waals surface area (Å²) < 4.78 is 11.6. The Kier molecular flexibility index (Phi) is 10.7. The molecule has 0 saturated heterocycles. The van der Waals surface area contributed by atoms with Crippen molar-refractivity contribution in [3.8, 4) is 5.75 Å². The van der Waals surface area contributed by atoms with E-state index in [1.165, 1.54) is 0 Å². The van der Waals surface area contributed by atoms with Crippen molar-refractivity contribution in [1.29, 1.82) is 0 Å². The van der Waals surface area contributed by atoms with Gasteiger partial charge in [-0.05, 0) is 63.6 Å². The first-order valence-corrected chi connectivity index (χ1v) is 11.9. The van der Waals surface area contributed by atoms with Crippen LogP contribution in [-0.4, -0.2) is 36.7 Å². The SMILES string of the molecule is CC(C)(C)OC(=O)NCCC(=O)Nc1cccc(NC(=O)CCCOc2ccc(Br)cc2Cl)c1. The Morgan fingerprint density at radius 1 is 0.971 bits per heavy atom. The number of carbonyl (C=O) groups excluding carboxylic acids is 3. The average molecular weight is 555 g/mol. The van der Waals surface area contributed by atoms with E-state index in [1.807, 2.05) is 6.07 Å². The molecule has 0 bridgehead atoms. The number of anilines is 2. The van der Waals surface area contributed by atoms with E-state index in [-0.39, 0.29) is 31.2 Å². The number of carbonyl (C=O) groups is 3. The van der Waals surface area contributed by atoms with Gasteiger partial charge in [0, 0.05) is 35.2 Å². The number of amides is 3. The fourth-order valence-electron chi connectivity index (χ4n) is 2.72. The summed E-state index contributed by atoms with van der Waals surface area (Å²) in [6, 6.07) is 12.2. The molecule has 0 heterocycles. The molecule has 2 aromatic rings. The van der Waals surface area contributed by atoms with Crippen LogP contribution in [0.1, 0.15) is 40.0 Å². The molecule has 0 aliphatic rings. The first kappa shape index (κ1) is 27.5. The molecule has 0 spiro atoms. The Hall–Kier alpha value is -2.78. The molecule has 10 heteroatoms. The third-order valence-corrected chi connectivity index (χ3v) is 4.94. The minimum absolute atomic E-state index is 0.0816. The Balaban J connectivity index is 1.71. The lowest BCUT2D eigenvalue weighted by Gasteiger charge is -2.19. The van der Waals surface area contributed by atoms with Gasteiger partial charge in [0.15, 0.2) is 0 Å². The minimum atomic E-state index is -0.600. The van der Waals surface area contributed by atoms with E-state index in [9.17, 15) is 14.4 Å². The van der Waals surface area contributed by atoms with E-state index in [1.54, 1.807) is 57.2 Å². The highest BCUT2D eigenvalue weighted by atomic mass is 79.9. The van der Waals surface area contributed by atoms with Gasteiger partial charge in [-0.25, -0.2) is 4.79 Å². The van der Waals surface area contributed by atoms with Crippen LogP contribution < -0.4 is 20.7 Å². The van der Waals surface area contributed by atoms with Gasteiger partial charge in [0.2, 0.25) is 11.8 Å². The van der Waals surface area contributed by atoms with Crippen LogP contribution in [-0.2, 0) is 14.3 Å². The molecule has 2 aromatic carbocycles. The molecule has 0 aliphatic carbocycles. The Morgan fingerprint density at radius 3 is 2.24 bits per heavy atom. The molecule has 0 atom stereocenters. The van der Waals surface area contributed by atoms with Crippen molar-refractivity contribution in [2.45, 2.75) is 45.6 Å². The van der Waals surface area contributed by atoms with Crippen LogP contribution in [0.5, 0.6) is 5.75 Å². The zero-order valence-corrected chi connectivity index (χ0v) is 21.7. The van der Waals surface area contributed by atoms with E-state index in [0.717, 1.165) is 4.47 Å². The summed E-state index contributed by atoms with van der Waals surface area (Å²) in [6.07, 6.45) is 0.286. The number of ether oxygens (including phenoxy) is 2. The number of benzene rings is 2. The van der Waals surface area contributed by atoms with E-state index < -0.39 is 11.7 Å². The van der Waals surface area contributed by atoms with Crippen LogP contribution in [0.3, 0.4) is 0 Å². The molecule has 34 heavy (non-hydrogen) atoms. The molecule has 0 radical (unpaired) electrons. The zero-order chi connectivity index (χ0) is 25.1. The van der Waals surface area contributed by atoms with Crippen molar-refractivity contribution in [3.05, 3.63) is 52.0 Å². The summed E-state index contributed by atoms with van der Waals surface area (Å²) in [5.74, 6) is 0.119. The average Bonchev–Trinajstić information content (AvgIpc) is 2.71. The number of nitrogens with one attached hydrogen (secondary N) is 3. The van der Waals surface area contributed by atoms with Gasteiger partial charge in [-0.15, -0.1) is 0 Å². The van der Waals surface area contributed by atoms with Crippen LogP contribution in [0.2, 0.25) is 5.02 Å². The molecule has 8 nitrogen and oxygen atoms in total. The Morgan fingerprint density at radius 2 is 1.62 bits per heavy atom. The lowest BCUT2D eigenvalue weighted by molar-refractivity contribution is -0.117. The smallest absolute Gasteiger partial charge is 0.407 e. The van der Waals surface area contributed by atoms with Gasteiger partial charge in [0.1, 0.15) is 11.4 Å². The Labute approximate surface area is 212 Å². The molecular formula is C24H29BrClN3O5. The number of halogens is 2. The van der Waals surface area contributed by atoms with Gasteiger partial charge < -0.3 is 25.4 Å². The summed E-state index contributed by atoms with van der Waals surface area (Å²) in [7, 11) is 0. The van der Waals surface area contributed by atoms with Gasteiger partial charge >= 0.3 is 6.09 Å². The standard InChI is InChI=1S/C24H29BrClN3O5/c1-24(2,3)34-23(32)27-12-11-22(31)29-18-7-4-6-17(15-18)28-21(30)8-5-13-33-20-10-9-16(25)14-19(20)26/h4,6-7,9-10,14-15H,5,8,11-13H2,1-3H3,(H,27,32)(H,28,30)(H,29,31). The first-order chi connectivity index (χ1) is 16.0. The van der Waals surface area contributed by atoms with E-state index in [0.29, 0.717) is 35.2 Å². The first-order valence-electron chi connectivity index (χ1n) is 10.8. The van der Waals surface area contributed by atoms with Gasteiger partial charge in [-0.1, -0.05) is 33.6 Å². The largest absolute Gasteiger partial charge is 0.492 e. The molecule has 3 amide bonds. The highest BCUT2D eigenvalue weighted by Gasteiger charge is 2.16.